The van der Waals surface area contributed by atoms with Gasteiger partial charge in [0.2, 0.25) is 0 Å². The van der Waals surface area contributed by atoms with Crippen molar-refractivity contribution in [2.45, 2.75) is 19.1 Å². The Balaban J connectivity index is 2.82. The van der Waals surface area contributed by atoms with Crippen molar-refractivity contribution in [3.63, 3.8) is 0 Å². The lowest BCUT2D eigenvalue weighted by Crippen LogP contribution is -2.21. The van der Waals surface area contributed by atoms with E-state index >= 15 is 0 Å². The summed E-state index contributed by atoms with van der Waals surface area (Å²) in [6, 6.07) is 4.96. The van der Waals surface area contributed by atoms with Crippen molar-refractivity contribution in [2.24, 2.45) is 5.11 Å². The predicted molar refractivity (Wildman–Crippen MR) is 61.2 cm³/mol. The van der Waals surface area contributed by atoms with Crippen LogP contribution in [0.2, 0.25) is 5.02 Å². The molecule has 0 aliphatic carbocycles. The highest BCUT2D eigenvalue weighted by molar-refractivity contribution is 6.31. The van der Waals surface area contributed by atoms with Crippen LogP contribution in [0.3, 0.4) is 0 Å². The first kappa shape index (κ1) is 12.8. The smallest absolute Gasteiger partial charge is 0.105 e. The van der Waals surface area contributed by atoms with Crippen molar-refractivity contribution < 1.29 is 10.2 Å². The van der Waals surface area contributed by atoms with Crippen molar-refractivity contribution in [1.82, 2.24) is 0 Å². The summed E-state index contributed by atoms with van der Waals surface area (Å²) in [5.41, 5.74) is 9.45. The van der Waals surface area contributed by atoms with Gasteiger partial charge in [0.15, 0.2) is 0 Å². The van der Waals surface area contributed by atoms with E-state index in [4.69, 9.17) is 17.1 Å². The molecule has 0 saturated carbocycles. The van der Waals surface area contributed by atoms with Crippen LogP contribution in [-0.4, -0.2) is 22.9 Å². The summed E-state index contributed by atoms with van der Waals surface area (Å²) in [4.78, 5) is 2.52. The molecule has 0 saturated heterocycles. The Morgan fingerprint density at radius 2 is 2.19 bits per heavy atom. The minimum Gasteiger partial charge on any atom is -0.390 e. The Labute approximate surface area is 97.9 Å². The van der Waals surface area contributed by atoms with E-state index in [1.807, 2.05) is 0 Å². The number of aliphatic hydroxyl groups excluding tert-OH is 2. The molecule has 0 aromatic heterocycles. The van der Waals surface area contributed by atoms with E-state index in [-0.39, 0.29) is 6.54 Å². The third kappa shape index (κ3) is 3.12. The van der Waals surface area contributed by atoms with E-state index in [1.165, 1.54) is 0 Å². The first-order valence-corrected chi connectivity index (χ1v) is 5.07. The Morgan fingerprint density at radius 3 is 2.75 bits per heavy atom. The fourth-order valence-corrected chi connectivity index (χ4v) is 1.41. The summed E-state index contributed by atoms with van der Waals surface area (Å²) < 4.78 is 0. The molecule has 0 spiro atoms. The molecule has 1 aromatic rings. The lowest BCUT2D eigenvalue weighted by Gasteiger charge is -2.16. The number of rotatable bonds is 4. The van der Waals surface area contributed by atoms with E-state index < -0.39 is 12.2 Å². The zero-order valence-corrected chi connectivity index (χ0v) is 9.46. The topological polar surface area (TPSA) is 89.2 Å². The van der Waals surface area contributed by atoms with Gasteiger partial charge in [-0.3, -0.25) is 0 Å². The van der Waals surface area contributed by atoms with Crippen molar-refractivity contribution in [1.29, 1.82) is 0 Å². The lowest BCUT2D eigenvalue weighted by molar-refractivity contribution is 0.0244. The predicted octanol–water partition coefficient (Wildman–Crippen LogP) is 2.35. The molecule has 0 bridgehead atoms. The minimum atomic E-state index is -1.11. The zero-order chi connectivity index (χ0) is 12.1. The molecular weight excluding hydrogens is 230 g/mol. The van der Waals surface area contributed by atoms with Crippen LogP contribution < -0.4 is 0 Å². The number of aliphatic hydroxyl groups is 2. The van der Waals surface area contributed by atoms with Gasteiger partial charge in [-0.15, -0.1) is 0 Å². The first-order valence-electron chi connectivity index (χ1n) is 4.69. The van der Waals surface area contributed by atoms with Crippen molar-refractivity contribution in [3.8, 4) is 0 Å². The van der Waals surface area contributed by atoms with Gasteiger partial charge in [0.1, 0.15) is 6.10 Å². The van der Waals surface area contributed by atoms with Gasteiger partial charge in [0.05, 0.1) is 12.6 Å². The molecule has 86 valence electrons. The van der Waals surface area contributed by atoms with Crippen LogP contribution in [0.5, 0.6) is 0 Å². The van der Waals surface area contributed by atoms with Gasteiger partial charge in [-0.1, -0.05) is 28.8 Å². The zero-order valence-electron chi connectivity index (χ0n) is 8.71. The second-order valence-corrected chi connectivity index (χ2v) is 3.84. The third-order valence-electron chi connectivity index (χ3n) is 2.22. The van der Waals surface area contributed by atoms with Gasteiger partial charge < -0.3 is 10.2 Å². The number of hydrogen-bond donors (Lipinski definition) is 2. The van der Waals surface area contributed by atoms with E-state index in [0.29, 0.717) is 10.6 Å². The Kier molecular flexibility index (Phi) is 4.58. The van der Waals surface area contributed by atoms with Crippen LogP contribution in [0.1, 0.15) is 17.2 Å². The molecule has 0 aliphatic heterocycles. The summed E-state index contributed by atoms with van der Waals surface area (Å²) in [7, 11) is 0. The number of halogens is 1. The Hall–Kier alpha value is -1.26. The van der Waals surface area contributed by atoms with Crippen molar-refractivity contribution in [2.75, 3.05) is 6.54 Å². The lowest BCUT2D eigenvalue weighted by atomic mass is 10.0. The maximum Gasteiger partial charge on any atom is 0.105 e. The molecule has 0 fully saturated rings. The summed E-state index contributed by atoms with van der Waals surface area (Å²) in [6.07, 6.45) is -2.20. The molecule has 2 unspecified atom stereocenters. The van der Waals surface area contributed by atoms with E-state index in [2.05, 4.69) is 10.0 Å². The summed E-state index contributed by atoms with van der Waals surface area (Å²) in [5, 5.41) is 23.1. The second kappa shape index (κ2) is 5.72. The fourth-order valence-electron chi connectivity index (χ4n) is 1.29. The van der Waals surface area contributed by atoms with E-state index in [0.717, 1.165) is 5.56 Å². The maximum atomic E-state index is 9.75. The van der Waals surface area contributed by atoms with Gasteiger partial charge in [-0.05, 0) is 29.6 Å². The molecular formula is C10H12ClN3O2. The van der Waals surface area contributed by atoms with Crippen LogP contribution in [0.25, 0.3) is 10.4 Å². The first-order chi connectivity index (χ1) is 7.56. The average Bonchev–Trinajstić information content (AvgIpc) is 2.28. The fraction of sp³-hybridized carbons (Fsp3) is 0.400. The number of benzene rings is 1. The molecule has 0 heterocycles. The molecule has 1 aromatic carbocycles. The normalized spacial score (nSPS) is 14.0. The van der Waals surface area contributed by atoms with Gasteiger partial charge >= 0.3 is 0 Å². The highest BCUT2D eigenvalue weighted by Crippen LogP contribution is 2.22. The molecule has 2 atom stereocenters. The molecule has 0 amide bonds. The molecule has 2 N–H and O–H groups in total. The van der Waals surface area contributed by atoms with E-state index in [9.17, 15) is 10.2 Å². The average molecular weight is 242 g/mol. The number of azide groups is 1. The largest absolute Gasteiger partial charge is 0.390 e. The van der Waals surface area contributed by atoms with Crippen LogP contribution in [0.15, 0.2) is 23.3 Å². The van der Waals surface area contributed by atoms with Crippen LogP contribution in [-0.2, 0) is 0 Å². The third-order valence-corrected chi connectivity index (χ3v) is 2.64. The minimum absolute atomic E-state index is 0.167. The SMILES string of the molecule is Cc1cc(C(O)C(O)CN=[N+]=[N-])ccc1Cl. The number of nitrogens with zero attached hydrogens (tertiary/aromatic N) is 3. The molecule has 1 rings (SSSR count). The Morgan fingerprint density at radius 1 is 1.50 bits per heavy atom. The molecule has 16 heavy (non-hydrogen) atoms. The summed E-state index contributed by atoms with van der Waals surface area (Å²) in [6.45, 7) is 1.64. The number of aryl methyl sites for hydroxylation is 1. The molecule has 5 nitrogen and oxygen atoms in total. The highest BCUT2D eigenvalue weighted by atomic mass is 35.5. The second-order valence-electron chi connectivity index (χ2n) is 3.43. The molecule has 0 aliphatic rings. The van der Waals surface area contributed by atoms with E-state index in [1.54, 1.807) is 25.1 Å². The quantitative estimate of drug-likeness (QED) is 0.481. The monoisotopic (exact) mass is 241 g/mol. The van der Waals surface area contributed by atoms with Gasteiger partial charge in [0.25, 0.3) is 0 Å². The highest BCUT2D eigenvalue weighted by Gasteiger charge is 2.17. The number of hydrogen-bond acceptors (Lipinski definition) is 3. The standard InChI is InChI=1S/C10H12ClN3O2/c1-6-4-7(2-3-8(6)11)10(16)9(15)5-13-14-12/h2-4,9-10,15-16H,5H2,1H3. The van der Waals surface area contributed by atoms with Crippen LogP contribution in [0.4, 0.5) is 0 Å². The van der Waals surface area contributed by atoms with Gasteiger partial charge in [-0.2, -0.15) is 0 Å². The van der Waals surface area contributed by atoms with Crippen molar-refractivity contribution in [3.05, 3.63) is 44.8 Å². The summed E-state index contributed by atoms with van der Waals surface area (Å²) >= 11 is 5.84. The molecule has 0 radical (unpaired) electrons. The van der Waals surface area contributed by atoms with Gasteiger partial charge in [0, 0.05) is 9.93 Å². The summed E-state index contributed by atoms with van der Waals surface area (Å²) in [5.74, 6) is 0. The van der Waals surface area contributed by atoms with Crippen LogP contribution in [0, 0.1) is 6.92 Å². The molecule has 6 heteroatoms. The van der Waals surface area contributed by atoms with Crippen molar-refractivity contribution >= 4 is 11.6 Å². The van der Waals surface area contributed by atoms with Gasteiger partial charge in [-0.25, -0.2) is 0 Å². The van der Waals surface area contributed by atoms with Crippen LogP contribution >= 0.6 is 11.6 Å². The Bertz CT molecular complexity index is 419. The maximum absolute atomic E-state index is 9.75.